The maximum absolute atomic E-state index is 13.2. The number of anilines is 1. The lowest BCUT2D eigenvalue weighted by Gasteiger charge is -2.08. The molecular formula is C16H14FN3O2. The lowest BCUT2D eigenvalue weighted by molar-refractivity contribution is -0.125. The van der Waals surface area contributed by atoms with Crippen LogP contribution in [0.25, 0.3) is 0 Å². The van der Waals surface area contributed by atoms with Gasteiger partial charge >= 0.3 is 0 Å². The molecule has 112 valence electrons. The number of pyridine rings is 1. The highest BCUT2D eigenvalue weighted by Gasteiger charge is 2.29. The van der Waals surface area contributed by atoms with Crippen molar-refractivity contribution < 1.29 is 14.0 Å². The van der Waals surface area contributed by atoms with Gasteiger partial charge < -0.3 is 10.2 Å². The Bertz CT molecular complexity index is 728. The molecule has 3 rings (SSSR count). The van der Waals surface area contributed by atoms with Crippen LogP contribution in [-0.4, -0.2) is 22.7 Å². The van der Waals surface area contributed by atoms with Crippen LogP contribution >= 0.6 is 0 Å². The minimum atomic E-state index is -0.735. The first kappa shape index (κ1) is 14.2. The fourth-order valence-electron chi connectivity index (χ4n) is 2.10. The van der Waals surface area contributed by atoms with E-state index in [4.69, 9.17) is 4.84 Å². The average molecular weight is 299 g/mol. The number of halogens is 1. The first-order chi connectivity index (χ1) is 10.6. The van der Waals surface area contributed by atoms with E-state index in [0.717, 1.165) is 5.56 Å². The zero-order chi connectivity index (χ0) is 15.5. The molecule has 2 heterocycles. The van der Waals surface area contributed by atoms with Crippen LogP contribution in [0.4, 0.5) is 10.2 Å². The van der Waals surface area contributed by atoms with Crippen LogP contribution in [0.15, 0.2) is 47.8 Å². The minimum absolute atomic E-state index is 0.293. The van der Waals surface area contributed by atoms with Crippen LogP contribution < -0.4 is 5.32 Å². The molecule has 0 aliphatic carbocycles. The van der Waals surface area contributed by atoms with E-state index < -0.39 is 6.10 Å². The number of hydrogen-bond acceptors (Lipinski definition) is 4. The number of benzene rings is 1. The van der Waals surface area contributed by atoms with Crippen molar-refractivity contribution in [1.82, 2.24) is 4.98 Å². The van der Waals surface area contributed by atoms with Gasteiger partial charge in [-0.3, -0.25) is 4.79 Å². The number of amides is 1. The van der Waals surface area contributed by atoms with Gasteiger partial charge in [-0.15, -0.1) is 0 Å². The summed E-state index contributed by atoms with van der Waals surface area (Å²) < 4.78 is 13.2. The predicted octanol–water partition coefficient (Wildman–Crippen LogP) is 2.66. The van der Waals surface area contributed by atoms with Crippen molar-refractivity contribution in [3.05, 3.63) is 59.5 Å². The van der Waals surface area contributed by atoms with E-state index in [0.29, 0.717) is 23.5 Å². The molecule has 6 heteroatoms. The maximum atomic E-state index is 13.2. The van der Waals surface area contributed by atoms with E-state index in [9.17, 15) is 9.18 Å². The SMILES string of the molecule is Cc1ccc(NC(=O)[C@H]2CC(c3cccc(F)c3)=NO2)nc1. The quantitative estimate of drug-likeness (QED) is 0.947. The van der Waals surface area contributed by atoms with Gasteiger partial charge in [0.2, 0.25) is 6.10 Å². The number of nitrogens with one attached hydrogen (secondary N) is 1. The Balaban J connectivity index is 1.64. The Morgan fingerprint density at radius 1 is 1.36 bits per heavy atom. The van der Waals surface area contributed by atoms with E-state index in [2.05, 4.69) is 15.5 Å². The topological polar surface area (TPSA) is 63.6 Å². The number of oxime groups is 1. The highest BCUT2D eigenvalue weighted by atomic mass is 19.1. The zero-order valence-electron chi connectivity index (χ0n) is 11.9. The minimum Gasteiger partial charge on any atom is -0.382 e. The van der Waals surface area contributed by atoms with Gasteiger partial charge in [-0.05, 0) is 30.7 Å². The van der Waals surface area contributed by atoms with E-state index in [1.54, 1.807) is 24.4 Å². The first-order valence-electron chi connectivity index (χ1n) is 6.84. The highest BCUT2D eigenvalue weighted by Crippen LogP contribution is 2.18. The van der Waals surface area contributed by atoms with Crippen LogP contribution in [-0.2, 0) is 9.63 Å². The molecule has 1 aromatic heterocycles. The Hall–Kier alpha value is -2.76. The summed E-state index contributed by atoms with van der Waals surface area (Å²) in [7, 11) is 0. The third-order valence-corrected chi connectivity index (χ3v) is 3.28. The molecule has 2 aromatic rings. The third kappa shape index (κ3) is 3.11. The number of aromatic nitrogens is 1. The molecule has 0 saturated carbocycles. The van der Waals surface area contributed by atoms with Gasteiger partial charge in [-0.1, -0.05) is 23.4 Å². The molecule has 0 spiro atoms. The van der Waals surface area contributed by atoms with E-state index >= 15 is 0 Å². The lowest BCUT2D eigenvalue weighted by atomic mass is 10.0. The Morgan fingerprint density at radius 2 is 2.23 bits per heavy atom. The van der Waals surface area contributed by atoms with Crippen LogP contribution in [0.5, 0.6) is 0 Å². The van der Waals surface area contributed by atoms with Crippen molar-refractivity contribution in [1.29, 1.82) is 0 Å². The van der Waals surface area contributed by atoms with Gasteiger partial charge in [0.25, 0.3) is 5.91 Å². The van der Waals surface area contributed by atoms with Gasteiger partial charge in [0, 0.05) is 18.2 Å². The zero-order valence-corrected chi connectivity index (χ0v) is 11.9. The molecule has 1 aliphatic rings. The van der Waals surface area contributed by atoms with Crippen LogP contribution in [0.3, 0.4) is 0 Å². The van der Waals surface area contributed by atoms with Gasteiger partial charge in [0.1, 0.15) is 11.6 Å². The summed E-state index contributed by atoms with van der Waals surface area (Å²) in [6, 6.07) is 9.62. The molecule has 0 fully saturated rings. The molecule has 0 bridgehead atoms. The Morgan fingerprint density at radius 3 is 2.95 bits per heavy atom. The van der Waals surface area contributed by atoms with Gasteiger partial charge in [0.15, 0.2) is 0 Å². The second-order valence-electron chi connectivity index (χ2n) is 5.06. The number of carbonyl (C=O) groups excluding carboxylic acids is 1. The summed E-state index contributed by atoms with van der Waals surface area (Å²) in [5.74, 6) is -0.220. The van der Waals surface area contributed by atoms with E-state index in [1.807, 2.05) is 13.0 Å². The van der Waals surface area contributed by atoms with E-state index in [1.165, 1.54) is 12.1 Å². The van der Waals surface area contributed by atoms with Crippen LogP contribution in [0.1, 0.15) is 17.5 Å². The van der Waals surface area contributed by atoms with Crippen molar-refractivity contribution in [2.75, 3.05) is 5.32 Å². The van der Waals surface area contributed by atoms with Gasteiger partial charge in [-0.2, -0.15) is 0 Å². The second kappa shape index (κ2) is 5.93. The summed E-state index contributed by atoms with van der Waals surface area (Å²) in [5.41, 5.74) is 2.17. The average Bonchev–Trinajstić information content (AvgIpc) is 3.00. The molecule has 0 radical (unpaired) electrons. The predicted molar refractivity (Wildman–Crippen MR) is 80.0 cm³/mol. The molecule has 22 heavy (non-hydrogen) atoms. The fourth-order valence-corrected chi connectivity index (χ4v) is 2.10. The summed E-state index contributed by atoms with van der Waals surface area (Å²) in [4.78, 5) is 21.4. The summed E-state index contributed by atoms with van der Waals surface area (Å²) in [6.45, 7) is 1.91. The summed E-state index contributed by atoms with van der Waals surface area (Å²) >= 11 is 0. The number of rotatable bonds is 3. The molecule has 0 unspecified atom stereocenters. The number of aryl methyl sites for hydroxylation is 1. The van der Waals surface area contributed by atoms with Crippen molar-refractivity contribution in [2.45, 2.75) is 19.4 Å². The van der Waals surface area contributed by atoms with Crippen LogP contribution in [0.2, 0.25) is 0 Å². The van der Waals surface area contributed by atoms with Crippen LogP contribution in [0, 0.1) is 12.7 Å². The molecular weight excluding hydrogens is 285 g/mol. The Kier molecular flexibility index (Phi) is 3.82. The number of hydrogen-bond donors (Lipinski definition) is 1. The van der Waals surface area contributed by atoms with Crippen molar-refractivity contribution >= 4 is 17.4 Å². The highest BCUT2D eigenvalue weighted by molar-refractivity contribution is 6.05. The fraction of sp³-hybridized carbons (Fsp3) is 0.188. The Labute approximate surface area is 126 Å². The first-order valence-corrected chi connectivity index (χ1v) is 6.84. The largest absolute Gasteiger partial charge is 0.382 e. The molecule has 1 aliphatic heterocycles. The molecule has 1 aromatic carbocycles. The standard InChI is InChI=1S/C16H14FN3O2/c1-10-5-6-15(18-9-10)19-16(21)14-8-13(20-22-14)11-3-2-4-12(17)7-11/h2-7,9,14H,8H2,1H3,(H,18,19,21)/t14-/m1/s1. The van der Waals surface area contributed by atoms with Gasteiger partial charge in [0.05, 0.1) is 5.71 Å². The molecule has 1 amide bonds. The number of carbonyl (C=O) groups is 1. The molecule has 5 nitrogen and oxygen atoms in total. The summed E-state index contributed by atoms with van der Waals surface area (Å²) in [5, 5.41) is 6.55. The molecule has 0 saturated heterocycles. The smallest absolute Gasteiger partial charge is 0.269 e. The summed E-state index contributed by atoms with van der Waals surface area (Å²) in [6.07, 6.45) is 1.22. The lowest BCUT2D eigenvalue weighted by Crippen LogP contribution is -2.28. The van der Waals surface area contributed by atoms with Crippen molar-refractivity contribution in [2.24, 2.45) is 5.16 Å². The molecule has 1 N–H and O–H groups in total. The number of nitrogens with zero attached hydrogens (tertiary/aromatic N) is 2. The van der Waals surface area contributed by atoms with E-state index in [-0.39, 0.29) is 11.7 Å². The normalized spacial score (nSPS) is 16.8. The van der Waals surface area contributed by atoms with Gasteiger partial charge in [-0.25, -0.2) is 9.37 Å². The third-order valence-electron chi connectivity index (χ3n) is 3.28. The molecule has 1 atom stereocenters. The maximum Gasteiger partial charge on any atom is 0.269 e. The van der Waals surface area contributed by atoms with Crippen molar-refractivity contribution in [3.8, 4) is 0 Å². The second-order valence-corrected chi connectivity index (χ2v) is 5.06. The monoisotopic (exact) mass is 299 g/mol. The van der Waals surface area contributed by atoms with Crippen molar-refractivity contribution in [3.63, 3.8) is 0 Å².